The van der Waals surface area contributed by atoms with Crippen LogP contribution in [0.25, 0.3) is 11.5 Å². The van der Waals surface area contributed by atoms with Crippen molar-refractivity contribution in [3.05, 3.63) is 41.2 Å². The summed E-state index contributed by atoms with van der Waals surface area (Å²) < 4.78 is 5.50. The Morgan fingerprint density at radius 1 is 1.41 bits per heavy atom. The molecule has 1 fully saturated rings. The molecule has 0 bridgehead atoms. The smallest absolute Gasteiger partial charge is 0.308 e. The Morgan fingerprint density at radius 2 is 2.14 bits per heavy atom. The molecule has 1 aliphatic heterocycles. The second kappa shape index (κ2) is 6.10. The van der Waals surface area contributed by atoms with E-state index in [1.165, 1.54) is 0 Å². The molecule has 0 saturated carbocycles. The number of benzene rings is 1. The number of halogens is 1. The van der Waals surface area contributed by atoms with E-state index in [-0.39, 0.29) is 11.8 Å². The zero-order valence-corrected chi connectivity index (χ0v) is 13.0. The van der Waals surface area contributed by atoms with Crippen LogP contribution in [-0.4, -0.2) is 34.0 Å². The van der Waals surface area contributed by atoms with Crippen LogP contribution in [0, 0.1) is 11.8 Å². The molecule has 0 spiro atoms. The lowest BCUT2D eigenvalue weighted by atomic mass is 9.99. The van der Waals surface area contributed by atoms with Crippen LogP contribution < -0.4 is 0 Å². The third kappa shape index (κ3) is 3.15. The highest BCUT2D eigenvalue weighted by atomic mass is 35.5. The Balaban J connectivity index is 1.68. The molecule has 1 aromatic heterocycles. The zero-order valence-electron chi connectivity index (χ0n) is 12.2. The Morgan fingerprint density at radius 3 is 2.77 bits per heavy atom. The van der Waals surface area contributed by atoms with Gasteiger partial charge in [0.05, 0.1) is 11.6 Å². The summed E-state index contributed by atoms with van der Waals surface area (Å²) in [6.45, 7) is 3.89. The molecule has 2 heterocycles. The maximum atomic E-state index is 11.2. The Bertz CT molecular complexity index is 668. The van der Waals surface area contributed by atoms with Crippen LogP contribution in [0.15, 0.2) is 34.9 Å². The van der Waals surface area contributed by atoms with Crippen molar-refractivity contribution >= 4 is 17.6 Å². The van der Waals surface area contributed by atoms with E-state index in [1.807, 2.05) is 19.1 Å². The summed E-state index contributed by atoms with van der Waals surface area (Å²) in [7, 11) is 0. The highest BCUT2D eigenvalue weighted by Gasteiger charge is 2.34. The van der Waals surface area contributed by atoms with Gasteiger partial charge in [0.15, 0.2) is 0 Å². The molecule has 2 aromatic rings. The van der Waals surface area contributed by atoms with Crippen LogP contribution in [0.5, 0.6) is 0 Å². The van der Waals surface area contributed by atoms with E-state index in [4.69, 9.17) is 16.0 Å². The molecule has 0 aliphatic carbocycles. The SMILES string of the molecule is C[C@@H]1CN(Cc2coc(-c3ccc(Cl)cc3)n2)C[C@H]1C(=O)O. The van der Waals surface area contributed by atoms with Gasteiger partial charge >= 0.3 is 5.97 Å². The summed E-state index contributed by atoms with van der Waals surface area (Å²) in [6.07, 6.45) is 1.63. The van der Waals surface area contributed by atoms with Gasteiger partial charge in [-0.15, -0.1) is 0 Å². The standard InChI is InChI=1S/C16H17ClN2O3/c1-10-6-19(8-14(10)16(20)21)7-13-9-22-15(18-13)11-2-4-12(17)5-3-11/h2-5,9-10,14H,6-8H2,1H3,(H,20,21)/t10-,14-/m1/s1. The van der Waals surface area contributed by atoms with E-state index < -0.39 is 5.97 Å². The molecule has 1 aromatic carbocycles. The number of carbonyl (C=O) groups is 1. The Hall–Kier alpha value is -1.85. The number of aliphatic carboxylic acids is 1. The fourth-order valence-electron chi connectivity index (χ4n) is 2.85. The number of likely N-dealkylation sites (tertiary alicyclic amines) is 1. The lowest BCUT2D eigenvalue weighted by Crippen LogP contribution is -2.23. The van der Waals surface area contributed by atoms with Crippen LogP contribution in [0.3, 0.4) is 0 Å². The van der Waals surface area contributed by atoms with Crippen LogP contribution in [0.4, 0.5) is 0 Å². The second-order valence-electron chi connectivity index (χ2n) is 5.77. The van der Waals surface area contributed by atoms with Crippen molar-refractivity contribution in [3.63, 3.8) is 0 Å². The second-order valence-corrected chi connectivity index (χ2v) is 6.20. The summed E-state index contributed by atoms with van der Waals surface area (Å²) >= 11 is 5.86. The third-order valence-electron chi connectivity index (χ3n) is 4.03. The number of nitrogens with zero attached hydrogens (tertiary/aromatic N) is 2. The summed E-state index contributed by atoms with van der Waals surface area (Å²) in [6, 6.07) is 7.30. The lowest BCUT2D eigenvalue weighted by Gasteiger charge is -2.12. The fourth-order valence-corrected chi connectivity index (χ4v) is 2.98. The molecule has 0 amide bonds. The quantitative estimate of drug-likeness (QED) is 0.937. The van der Waals surface area contributed by atoms with Crippen molar-refractivity contribution in [2.45, 2.75) is 13.5 Å². The summed E-state index contributed by atoms with van der Waals surface area (Å²) in [5.74, 6) is -0.325. The minimum absolute atomic E-state index is 0.153. The molecular formula is C16H17ClN2O3. The molecule has 1 saturated heterocycles. The van der Waals surface area contributed by atoms with Crippen molar-refractivity contribution < 1.29 is 14.3 Å². The first kappa shape index (κ1) is 15.1. The molecule has 0 unspecified atom stereocenters. The molecular weight excluding hydrogens is 304 g/mol. The maximum absolute atomic E-state index is 11.2. The van der Waals surface area contributed by atoms with Gasteiger partial charge in [0.2, 0.25) is 5.89 Å². The van der Waals surface area contributed by atoms with Gasteiger partial charge in [-0.25, -0.2) is 4.98 Å². The molecule has 3 rings (SSSR count). The van der Waals surface area contributed by atoms with E-state index in [0.717, 1.165) is 17.8 Å². The molecule has 0 radical (unpaired) electrons. The molecule has 2 atom stereocenters. The van der Waals surface area contributed by atoms with Crippen molar-refractivity contribution in [1.29, 1.82) is 0 Å². The first-order valence-corrected chi connectivity index (χ1v) is 7.56. The van der Waals surface area contributed by atoms with E-state index in [1.54, 1.807) is 18.4 Å². The number of carboxylic acids is 1. The predicted octanol–water partition coefficient (Wildman–Crippen LogP) is 3.15. The Labute approximate surface area is 133 Å². The topological polar surface area (TPSA) is 66.6 Å². The lowest BCUT2D eigenvalue weighted by molar-refractivity contribution is -0.142. The number of carboxylic acid groups (broad SMARTS) is 1. The predicted molar refractivity (Wildman–Crippen MR) is 82.5 cm³/mol. The highest BCUT2D eigenvalue weighted by molar-refractivity contribution is 6.30. The number of aromatic nitrogens is 1. The summed E-state index contributed by atoms with van der Waals surface area (Å²) in [5.41, 5.74) is 1.68. The van der Waals surface area contributed by atoms with E-state index in [9.17, 15) is 9.90 Å². The van der Waals surface area contributed by atoms with Gasteiger partial charge in [0, 0.05) is 30.2 Å². The van der Waals surface area contributed by atoms with Gasteiger partial charge < -0.3 is 9.52 Å². The van der Waals surface area contributed by atoms with Gasteiger partial charge in [0.25, 0.3) is 0 Å². The first-order chi connectivity index (χ1) is 10.5. The number of rotatable bonds is 4. The van der Waals surface area contributed by atoms with Crippen LogP contribution in [0.1, 0.15) is 12.6 Å². The maximum Gasteiger partial charge on any atom is 0.308 e. The molecule has 22 heavy (non-hydrogen) atoms. The fraction of sp³-hybridized carbons (Fsp3) is 0.375. The summed E-state index contributed by atoms with van der Waals surface area (Å²) in [4.78, 5) is 17.7. The van der Waals surface area contributed by atoms with E-state index >= 15 is 0 Å². The summed E-state index contributed by atoms with van der Waals surface area (Å²) in [5, 5.41) is 9.84. The zero-order chi connectivity index (χ0) is 15.7. The van der Waals surface area contributed by atoms with Crippen molar-refractivity contribution in [2.75, 3.05) is 13.1 Å². The number of hydrogen-bond donors (Lipinski definition) is 1. The van der Waals surface area contributed by atoms with Crippen molar-refractivity contribution in [1.82, 2.24) is 9.88 Å². The monoisotopic (exact) mass is 320 g/mol. The molecule has 116 valence electrons. The van der Waals surface area contributed by atoms with Crippen molar-refractivity contribution in [2.24, 2.45) is 11.8 Å². The van der Waals surface area contributed by atoms with Gasteiger partial charge in [0.1, 0.15) is 6.26 Å². The van der Waals surface area contributed by atoms with Crippen molar-refractivity contribution in [3.8, 4) is 11.5 Å². The molecule has 1 N–H and O–H groups in total. The average Bonchev–Trinajstić information content (AvgIpc) is 3.07. The van der Waals surface area contributed by atoms with Crippen LogP contribution in [0.2, 0.25) is 5.02 Å². The van der Waals surface area contributed by atoms with Gasteiger partial charge in [-0.2, -0.15) is 0 Å². The third-order valence-corrected chi connectivity index (χ3v) is 4.29. The van der Waals surface area contributed by atoms with Gasteiger partial charge in [-0.3, -0.25) is 9.69 Å². The van der Waals surface area contributed by atoms with Gasteiger partial charge in [-0.1, -0.05) is 18.5 Å². The van der Waals surface area contributed by atoms with E-state index in [0.29, 0.717) is 24.0 Å². The minimum atomic E-state index is -0.725. The highest BCUT2D eigenvalue weighted by Crippen LogP contribution is 2.26. The Kier molecular flexibility index (Phi) is 4.18. The van der Waals surface area contributed by atoms with Crippen LogP contribution in [-0.2, 0) is 11.3 Å². The molecule has 6 heteroatoms. The van der Waals surface area contributed by atoms with Crippen LogP contribution >= 0.6 is 11.6 Å². The van der Waals surface area contributed by atoms with Gasteiger partial charge in [-0.05, 0) is 30.2 Å². The number of hydrogen-bond acceptors (Lipinski definition) is 4. The molecule has 5 nitrogen and oxygen atoms in total. The number of oxazole rings is 1. The largest absolute Gasteiger partial charge is 0.481 e. The average molecular weight is 321 g/mol. The van der Waals surface area contributed by atoms with E-state index in [2.05, 4.69) is 9.88 Å². The first-order valence-electron chi connectivity index (χ1n) is 7.18. The minimum Gasteiger partial charge on any atom is -0.481 e. The molecule has 1 aliphatic rings. The normalized spacial score (nSPS) is 22.1.